The number of carbonyl (C=O) groups excluding carboxylic acids is 1. The van der Waals surface area contributed by atoms with Crippen molar-refractivity contribution in [1.29, 1.82) is 0 Å². The Morgan fingerprint density at radius 3 is 2.38 bits per heavy atom. The summed E-state index contributed by atoms with van der Waals surface area (Å²) in [7, 11) is 0. The summed E-state index contributed by atoms with van der Waals surface area (Å²) in [5.74, 6) is 0.286. The van der Waals surface area contributed by atoms with Gasteiger partial charge >= 0.3 is 0 Å². The molecule has 0 aliphatic carbocycles. The molecule has 1 heterocycles. The average Bonchev–Trinajstić information content (AvgIpc) is 2.75. The van der Waals surface area contributed by atoms with E-state index in [1.165, 1.54) is 10.2 Å². The second-order valence-corrected chi connectivity index (χ2v) is 6.04. The zero-order valence-corrected chi connectivity index (χ0v) is 12.6. The highest BCUT2D eigenvalue weighted by atomic mass is 16.3. The second kappa shape index (κ2) is 5.69. The number of nitrogen functional groups attached to an aromatic ring is 1. The fraction of sp³-hybridized carbons (Fsp3) is 0.375. The highest BCUT2D eigenvalue weighted by Gasteiger charge is 2.18. The van der Waals surface area contributed by atoms with E-state index < -0.39 is 0 Å². The van der Waals surface area contributed by atoms with Gasteiger partial charge < -0.3 is 10.8 Å². The number of aldehydes is 1. The number of aromatic nitrogens is 2. The molecule has 0 spiro atoms. The maximum atomic E-state index is 11.3. The van der Waals surface area contributed by atoms with Crippen molar-refractivity contribution in [3.05, 3.63) is 35.4 Å². The van der Waals surface area contributed by atoms with Gasteiger partial charge in [-0.25, -0.2) is 4.68 Å². The van der Waals surface area contributed by atoms with Gasteiger partial charge in [0.15, 0.2) is 6.29 Å². The van der Waals surface area contributed by atoms with Crippen LogP contribution in [-0.2, 0) is 12.0 Å². The minimum atomic E-state index is -0.0768. The first-order chi connectivity index (χ1) is 9.88. The van der Waals surface area contributed by atoms with E-state index in [9.17, 15) is 4.79 Å². The Morgan fingerprint density at radius 2 is 1.90 bits per heavy atom. The molecule has 0 unspecified atom stereocenters. The lowest BCUT2D eigenvalue weighted by Gasteiger charge is -2.18. The smallest absolute Gasteiger partial charge is 0.156 e. The van der Waals surface area contributed by atoms with Crippen LogP contribution in [0.25, 0.3) is 11.3 Å². The van der Waals surface area contributed by atoms with Crippen molar-refractivity contribution in [2.24, 2.45) is 0 Å². The zero-order valence-electron chi connectivity index (χ0n) is 12.6. The standard InChI is InChI=1S/C16H21N3O2/c1-16(2,3)12-6-4-11(5-7-12)14-13(10-21)15(17)19(18-14)8-9-20/h4-7,10,20H,8-9,17H2,1-3H3. The van der Waals surface area contributed by atoms with Gasteiger partial charge in [0.2, 0.25) is 0 Å². The topological polar surface area (TPSA) is 81.1 Å². The number of rotatable bonds is 4. The first-order valence-corrected chi connectivity index (χ1v) is 6.91. The van der Waals surface area contributed by atoms with Crippen LogP contribution >= 0.6 is 0 Å². The van der Waals surface area contributed by atoms with Gasteiger partial charge in [-0.05, 0) is 11.0 Å². The zero-order chi connectivity index (χ0) is 15.6. The molecule has 0 saturated heterocycles. The third kappa shape index (κ3) is 2.97. The summed E-state index contributed by atoms with van der Waals surface area (Å²) >= 11 is 0. The normalized spacial score (nSPS) is 11.6. The van der Waals surface area contributed by atoms with E-state index >= 15 is 0 Å². The van der Waals surface area contributed by atoms with Crippen LogP contribution < -0.4 is 5.73 Å². The molecule has 0 bridgehead atoms. The van der Waals surface area contributed by atoms with E-state index in [1.807, 2.05) is 24.3 Å². The van der Waals surface area contributed by atoms with Crippen LogP contribution in [0.4, 0.5) is 5.82 Å². The van der Waals surface area contributed by atoms with Gasteiger partial charge in [0.1, 0.15) is 11.5 Å². The molecule has 0 atom stereocenters. The van der Waals surface area contributed by atoms with Crippen molar-refractivity contribution < 1.29 is 9.90 Å². The number of aliphatic hydroxyl groups is 1. The van der Waals surface area contributed by atoms with Crippen molar-refractivity contribution in [3.8, 4) is 11.3 Å². The molecule has 5 nitrogen and oxygen atoms in total. The van der Waals surface area contributed by atoms with E-state index in [4.69, 9.17) is 10.8 Å². The highest BCUT2D eigenvalue weighted by Crippen LogP contribution is 2.29. The molecule has 21 heavy (non-hydrogen) atoms. The predicted molar refractivity (Wildman–Crippen MR) is 83.2 cm³/mol. The van der Waals surface area contributed by atoms with E-state index in [1.54, 1.807) is 0 Å². The van der Waals surface area contributed by atoms with Gasteiger partial charge in [0.05, 0.1) is 18.7 Å². The Hall–Kier alpha value is -2.14. The van der Waals surface area contributed by atoms with Gasteiger partial charge in [0.25, 0.3) is 0 Å². The number of hydrogen-bond acceptors (Lipinski definition) is 4. The number of nitrogens with two attached hydrogens (primary N) is 1. The summed E-state index contributed by atoms with van der Waals surface area (Å²) in [5, 5.41) is 13.3. The molecule has 5 heteroatoms. The molecule has 0 radical (unpaired) electrons. The largest absolute Gasteiger partial charge is 0.394 e. The Kier molecular flexibility index (Phi) is 4.14. The van der Waals surface area contributed by atoms with Crippen molar-refractivity contribution in [3.63, 3.8) is 0 Å². The monoisotopic (exact) mass is 287 g/mol. The molecule has 0 aliphatic heterocycles. The number of nitrogens with zero attached hydrogens (tertiary/aromatic N) is 2. The summed E-state index contributed by atoms with van der Waals surface area (Å²) < 4.78 is 1.46. The van der Waals surface area contributed by atoms with E-state index in [0.29, 0.717) is 17.5 Å². The summed E-state index contributed by atoms with van der Waals surface area (Å²) in [6.07, 6.45) is 0.712. The van der Waals surface area contributed by atoms with Gasteiger partial charge in [-0.3, -0.25) is 4.79 Å². The van der Waals surface area contributed by atoms with Crippen LogP contribution in [0, 0.1) is 0 Å². The molecule has 3 N–H and O–H groups in total. The minimum absolute atomic E-state index is 0.0707. The summed E-state index contributed by atoms with van der Waals surface area (Å²) in [5.41, 5.74) is 8.94. The fourth-order valence-electron chi connectivity index (χ4n) is 2.21. The Bertz CT molecular complexity index is 637. The Labute approximate surface area is 124 Å². The molecule has 2 aromatic rings. The van der Waals surface area contributed by atoms with Gasteiger partial charge in [-0.2, -0.15) is 5.10 Å². The van der Waals surface area contributed by atoms with Crippen LogP contribution in [-0.4, -0.2) is 27.8 Å². The minimum Gasteiger partial charge on any atom is -0.394 e. The number of hydrogen-bond donors (Lipinski definition) is 2. The first kappa shape index (κ1) is 15.3. The molecule has 1 aromatic carbocycles. The van der Waals surface area contributed by atoms with Gasteiger partial charge in [-0.15, -0.1) is 0 Å². The van der Waals surface area contributed by atoms with E-state index in [0.717, 1.165) is 5.56 Å². The molecule has 0 amide bonds. The fourth-order valence-corrected chi connectivity index (χ4v) is 2.21. The summed E-state index contributed by atoms with van der Waals surface area (Å²) in [4.78, 5) is 11.3. The third-order valence-electron chi connectivity index (χ3n) is 3.48. The molecular formula is C16H21N3O2. The van der Waals surface area contributed by atoms with Crippen molar-refractivity contribution in [2.45, 2.75) is 32.7 Å². The molecule has 0 saturated carbocycles. The molecule has 112 valence electrons. The van der Waals surface area contributed by atoms with Crippen molar-refractivity contribution in [1.82, 2.24) is 9.78 Å². The third-order valence-corrected chi connectivity index (χ3v) is 3.48. The summed E-state index contributed by atoms with van der Waals surface area (Å²) in [6.45, 7) is 6.63. The SMILES string of the molecule is CC(C)(C)c1ccc(-c2nn(CCO)c(N)c2C=O)cc1. The second-order valence-electron chi connectivity index (χ2n) is 6.04. The van der Waals surface area contributed by atoms with Crippen molar-refractivity contribution >= 4 is 12.1 Å². The number of aliphatic hydroxyl groups excluding tert-OH is 1. The Morgan fingerprint density at radius 1 is 1.29 bits per heavy atom. The maximum absolute atomic E-state index is 11.3. The lowest BCUT2D eigenvalue weighted by Crippen LogP contribution is -2.10. The van der Waals surface area contributed by atoms with E-state index in [2.05, 4.69) is 25.9 Å². The average molecular weight is 287 g/mol. The lowest BCUT2D eigenvalue weighted by atomic mass is 9.86. The van der Waals surface area contributed by atoms with Crippen LogP contribution in [0.15, 0.2) is 24.3 Å². The van der Waals surface area contributed by atoms with E-state index in [-0.39, 0.29) is 24.4 Å². The Balaban J connectivity index is 2.46. The molecular weight excluding hydrogens is 266 g/mol. The first-order valence-electron chi connectivity index (χ1n) is 6.91. The number of anilines is 1. The molecule has 0 aliphatic rings. The highest BCUT2D eigenvalue weighted by molar-refractivity contribution is 5.91. The summed E-state index contributed by atoms with van der Waals surface area (Å²) in [6, 6.07) is 7.95. The molecule has 2 rings (SSSR count). The van der Waals surface area contributed by atoms with Gasteiger partial charge in [-0.1, -0.05) is 45.0 Å². The number of carbonyl (C=O) groups is 1. The van der Waals surface area contributed by atoms with Crippen LogP contribution in [0.5, 0.6) is 0 Å². The quantitative estimate of drug-likeness (QED) is 0.845. The molecule has 1 aromatic heterocycles. The maximum Gasteiger partial charge on any atom is 0.156 e. The van der Waals surface area contributed by atoms with Crippen LogP contribution in [0.2, 0.25) is 0 Å². The van der Waals surface area contributed by atoms with Gasteiger partial charge in [0, 0.05) is 5.56 Å². The number of benzene rings is 1. The van der Waals surface area contributed by atoms with Crippen LogP contribution in [0.3, 0.4) is 0 Å². The molecule has 0 fully saturated rings. The van der Waals surface area contributed by atoms with Crippen molar-refractivity contribution in [2.75, 3.05) is 12.3 Å². The van der Waals surface area contributed by atoms with Crippen LogP contribution in [0.1, 0.15) is 36.7 Å². The lowest BCUT2D eigenvalue weighted by molar-refractivity contribution is 0.112. The predicted octanol–water partition coefficient (Wildman–Crippen LogP) is 2.23.